The van der Waals surface area contributed by atoms with Gasteiger partial charge in [-0.15, -0.1) is 0 Å². The van der Waals surface area contributed by atoms with Gasteiger partial charge in [0.15, 0.2) is 0 Å². The first-order valence-electron chi connectivity index (χ1n) is 6.18. The quantitative estimate of drug-likeness (QED) is 0.671. The molecule has 0 radical (unpaired) electrons. The minimum atomic E-state index is -4.03. The molecule has 0 aromatic heterocycles. The molecule has 1 nitrogen and oxygen atoms in total. The van der Waals surface area contributed by atoms with Gasteiger partial charge in [0, 0.05) is 12.5 Å². The van der Waals surface area contributed by atoms with Crippen LogP contribution in [0, 0.1) is 5.92 Å². The standard InChI is InChI=1S/C12H24F3N/c1-4-6-7-10(5-2)11(16-3)8-9-12(13,14)15/h10-11,16H,4-9H2,1-3H3. The van der Waals surface area contributed by atoms with Crippen molar-refractivity contribution in [1.29, 1.82) is 0 Å². The summed E-state index contributed by atoms with van der Waals surface area (Å²) < 4.78 is 36.4. The Hall–Kier alpha value is -0.250. The third-order valence-electron chi connectivity index (χ3n) is 3.13. The molecule has 0 fully saturated rings. The summed E-state index contributed by atoms with van der Waals surface area (Å²) in [5.74, 6) is 0.368. The molecule has 0 aliphatic heterocycles. The second-order valence-corrected chi connectivity index (χ2v) is 4.36. The van der Waals surface area contributed by atoms with Crippen molar-refractivity contribution < 1.29 is 13.2 Å². The highest BCUT2D eigenvalue weighted by Crippen LogP contribution is 2.26. The molecule has 0 aromatic rings. The van der Waals surface area contributed by atoms with Crippen LogP contribution in [0.25, 0.3) is 0 Å². The van der Waals surface area contributed by atoms with E-state index in [0.717, 1.165) is 25.7 Å². The first kappa shape index (κ1) is 15.8. The van der Waals surface area contributed by atoms with Gasteiger partial charge in [-0.1, -0.05) is 33.1 Å². The van der Waals surface area contributed by atoms with E-state index in [-0.39, 0.29) is 12.5 Å². The molecule has 0 heterocycles. The predicted octanol–water partition coefficient (Wildman–Crippen LogP) is 4.13. The predicted molar refractivity (Wildman–Crippen MR) is 61.4 cm³/mol. The lowest BCUT2D eigenvalue weighted by atomic mass is 9.88. The molecule has 0 aliphatic rings. The fourth-order valence-corrected chi connectivity index (χ4v) is 2.09. The second kappa shape index (κ2) is 7.93. The van der Waals surface area contributed by atoms with E-state index in [1.54, 1.807) is 7.05 Å². The Morgan fingerprint density at radius 3 is 2.12 bits per heavy atom. The zero-order chi connectivity index (χ0) is 12.6. The Balaban J connectivity index is 4.11. The average molecular weight is 239 g/mol. The van der Waals surface area contributed by atoms with Crippen molar-refractivity contribution in [2.75, 3.05) is 7.05 Å². The molecule has 0 amide bonds. The van der Waals surface area contributed by atoms with E-state index in [1.807, 2.05) is 0 Å². The summed E-state index contributed by atoms with van der Waals surface area (Å²) in [5.41, 5.74) is 0. The summed E-state index contributed by atoms with van der Waals surface area (Å²) in [6.45, 7) is 4.16. The third-order valence-corrected chi connectivity index (χ3v) is 3.13. The number of halogens is 3. The van der Waals surface area contributed by atoms with Gasteiger partial charge in [0.2, 0.25) is 0 Å². The second-order valence-electron chi connectivity index (χ2n) is 4.36. The van der Waals surface area contributed by atoms with Crippen molar-refractivity contribution in [3.63, 3.8) is 0 Å². The van der Waals surface area contributed by atoms with Crippen LogP contribution >= 0.6 is 0 Å². The van der Waals surface area contributed by atoms with Gasteiger partial charge in [-0.3, -0.25) is 0 Å². The van der Waals surface area contributed by atoms with E-state index in [2.05, 4.69) is 19.2 Å². The van der Waals surface area contributed by atoms with Gasteiger partial charge in [-0.2, -0.15) is 13.2 Å². The lowest BCUT2D eigenvalue weighted by molar-refractivity contribution is -0.137. The maximum absolute atomic E-state index is 12.1. The van der Waals surface area contributed by atoms with Gasteiger partial charge in [-0.25, -0.2) is 0 Å². The highest BCUT2D eigenvalue weighted by atomic mass is 19.4. The van der Waals surface area contributed by atoms with Crippen LogP contribution in [0.1, 0.15) is 52.4 Å². The largest absolute Gasteiger partial charge is 0.389 e. The zero-order valence-electron chi connectivity index (χ0n) is 10.5. The molecule has 0 saturated carbocycles. The summed E-state index contributed by atoms with van der Waals surface area (Å²) in [6.07, 6.45) is -0.337. The molecule has 0 bridgehead atoms. The molecule has 0 aliphatic carbocycles. The van der Waals surface area contributed by atoms with Crippen LogP contribution in [0.15, 0.2) is 0 Å². The molecule has 4 heteroatoms. The molecule has 2 unspecified atom stereocenters. The van der Waals surface area contributed by atoms with Crippen molar-refractivity contribution >= 4 is 0 Å². The zero-order valence-corrected chi connectivity index (χ0v) is 10.5. The monoisotopic (exact) mass is 239 g/mol. The Bertz CT molecular complexity index is 168. The number of unbranched alkanes of at least 4 members (excludes halogenated alkanes) is 1. The highest BCUT2D eigenvalue weighted by Gasteiger charge is 2.29. The van der Waals surface area contributed by atoms with E-state index in [9.17, 15) is 13.2 Å². The van der Waals surface area contributed by atoms with E-state index < -0.39 is 12.6 Å². The van der Waals surface area contributed by atoms with Crippen molar-refractivity contribution in [2.45, 2.75) is 64.6 Å². The normalized spacial score (nSPS) is 16.1. The van der Waals surface area contributed by atoms with Gasteiger partial charge in [0.25, 0.3) is 0 Å². The van der Waals surface area contributed by atoms with Gasteiger partial charge in [0.05, 0.1) is 0 Å². The summed E-state index contributed by atoms with van der Waals surface area (Å²) >= 11 is 0. The van der Waals surface area contributed by atoms with Crippen LogP contribution in [-0.2, 0) is 0 Å². The number of nitrogens with one attached hydrogen (secondary N) is 1. The Morgan fingerprint density at radius 1 is 1.12 bits per heavy atom. The molecular formula is C12H24F3N. The smallest absolute Gasteiger partial charge is 0.317 e. The molecule has 0 saturated heterocycles. The molecule has 16 heavy (non-hydrogen) atoms. The van der Waals surface area contributed by atoms with E-state index >= 15 is 0 Å². The number of hydrogen-bond donors (Lipinski definition) is 1. The van der Waals surface area contributed by atoms with Crippen LogP contribution in [0.4, 0.5) is 13.2 Å². The molecule has 0 rings (SSSR count). The van der Waals surface area contributed by atoms with Gasteiger partial charge >= 0.3 is 6.18 Å². The number of hydrogen-bond acceptors (Lipinski definition) is 1. The third kappa shape index (κ3) is 7.09. The Morgan fingerprint density at radius 2 is 1.75 bits per heavy atom. The fourth-order valence-electron chi connectivity index (χ4n) is 2.09. The lowest BCUT2D eigenvalue weighted by Crippen LogP contribution is -2.34. The molecular weight excluding hydrogens is 215 g/mol. The van der Waals surface area contributed by atoms with E-state index in [1.165, 1.54) is 0 Å². The van der Waals surface area contributed by atoms with Crippen LogP contribution in [-0.4, -0.2) is 19.3 Å². The number of rotatable bonds is 8. The maximum atomic E-state index is 12.1. The van der Waals surface area contributed by atoms with Gasteiger partial charge < -0.3 is 5.32 Å². The van der Waals surface area contributed by atoms with Gasteiger partial charge in [0.1, 0.15) is 0 Å². The molecule has 0 spiro atoms. The summed E-state index contributed by atoms with van der Waals surface area (Å²) in [5, 5.41) is 3.03. The fraction of sp³-hybridized carbons (Fsp3) is 1.00. The van der Waals surface area contributed by atoms with Crippen molar-refractivity contribution in [1.82, 2.24) is 5.32 Å². The minimum absolute atomic E-state index is 0.00169. The summed E-state index contributed by atoms with van der Waals surface area (Å²) in [7, 11) is 1.76. The maximum Gasteiger partial charge on any atom is 0.389 e. The summed E-state index contributed by atoms with van der Waals surface area (Å²) in [6, 6.07) is -0.00169. The van der Waals surface area contributed by atoms with E-state index in [4.69, 9.17) is 0 Å². The number of alkyl halides is 3. The van der Waals surface area contributed by atoms with Crippen molar-refractivity contribution in [2.24, 2.45) is 5.92 Å². The molecule has 2 atom stereocenters. The molecule has 0 aromatic carbocycles. The SMILES string of the molecule is CCCCC(CC)C(CCC(F)(F)F)NC. The van der Waals surface area contributed by atoms with Crippen molar-refractivity contribution in [3.05, 3.63) is 0 Å². The highest BCUT2D eigenvalue weighted by molar-refractivity contribution is 4.75. The Labute approximate surface area is 96.8 Å². The first-order chi connectivity index (χ1) is 7.44. The Kier molecular flexibility index (Phi) is 7.81. The average Bonchev–Trinajstić information content (AvgIpc) is 2.21. The minimum Gasteiger partial charge on any atom is -0.317 e. The van der Waals surface area contributed by atoms with Crippen LogP contribution < -0.4 is 5.32 Å². The topological polar surface area (TPSA) is 12.0 Å². The van der Waals surface area contributed by atoms with Gasteiger partial charge in [-0.05, 0) is 25.8 Å². The molecule has 98 valence electrons. The van der Waals surface area contributed by atoms with Crippen LogP contribution in [0.5, 0.6) is 0 Å². The first-order valence-corrected chi connectivity index (χ1v) is 6.18. The van der Waals surface area contributed by atoms with Crippen LogP contribution in [0.2, 0.25) is 0 Å². The van der Waals surface area contributed by atoms with E-state index in [0.29, 0.717) is 5.92 Å². The van der Waals surface area contributed by atoms with Crippen LogP contribution in [0.3, 0.4) is 0 Å². The molecule has 1 N–H and O–H groups in total. The van der Waals surface area contributed by atoms with Crippen molar-refractivity contribution in [3.8, 4) is 0 Å². The lowest BCUT2D eigenvalue weighted by Gasteiger charge is -2.26. The summed E-state index contributed by atoms with van der Waals surface area (Å²) in [4.78, 5) is 0.